The van der Waals surface area contributed by atoms with Gasteiger partial charge in [0.1, 0.15) is 0 Å². The van der Waals surface area contributed by atoms with E-state index in [4.69, 9.17) is 32.7 Å². The molecule has 1 unspecified atom stereocenters. The highest BCUT2D eigenvalue weighted by Crippen LogP contribution is 2.43. The van der Waals surface area contributed by atoms with E-state index in [0.29, 0.717) is 23.1 Å². The molecule has 0 saturated carbocycles. The standard InChI is InChI=1S/C22H21Cl2NO3/c1-3-10-22(28-13(2)26)21-18(9-11-27-22)17-6-4-5-16(20(17)25-21)15-8-7-14(23)12-19(15)24/h4-8,12,25H,3,9-11H2,1-2H3. The number of ether oxygens (including phenoxy) is 2. The Balaban J connectivity index is 1.95. The quantitative estimate of drug-likeness (QED) is 0.511. The van der Waals surface area contributed by atoms with Crippen molar-refractivity contribution in [3.63, 3.8) is 0 Å². The van der Waals surface area contributed by atoms with Crippen LogP contribution in [0.25, 0.3) is 22.0 Å². The fourth-order valence-electron chi connectivity index (χ4n) is 4.07. The lowest BCUT2D eigenvalue weighted by atomic mass is 9.95. The molecule has 4 rings (SSSR count). The summed E-state index contributed by atoms with van der Waals surface area (Å²) in [4.78, 5) is 15.3. The van der Waals surface area contributed by atoms with Crippen LogP contribution < -0.4 is 0 Å². The number of carbonyl (C=O) groups excluding carboxylic acids is 1. The van der Waals surface area contributed by atoms with Crippen molar-refractivity contribution in [2.24, 2.45) is 0 Å². The van der Waals surface area contributed by atoms with Crippen molar-refractivity contribution in [1.29, 1.82) is 0 Å². The molecule has 0 aliphatic carbocycles. The Morgan fingerprint density at radius 2 is 2.07 bits per heavy atom. The number of hydrogen-bond acceptors (Lipinski definition) is 3. The smallest absolute Gasteiger partial charge is 0.305 e. The topological polar surface area (TPSA) is 51.3 Å². The Morgan fingerprint density at radius 1 is 1.25 bits per heavy atom. The molecular formula is C22H21Cl2NO3. The van der Waals surface area contributed by atoms with Crippen molar-refractivity contribution >= 4 is 40.1 Å². The lowest BCUT2D eigenvalue weighted by Gasteiger charge is -2.36. The van der Waals surface area contributed by atoms with E-state index < -0.39 is 5.79 Å². The number of hydrogen-bond donors (Lipinski definition) is 1. The molecule has 1 N–H and O–H groups in total. The lowest BCUT2D eigenvalue weighted by Crippen LogP contribution is -2.39. The summed E-state index contributed by atoms with van der Waals surface area (Å²) in [6.45, 7) is 3.96. The molecule has 0 spiro atoms. The minimum Gasteiger partial charge on any atom is -0.427 e. The average Bonchev–Trinajstić information content (AvgIpc) is 3.02. The third-order valence-electron chi connectivity index (χ3n) is 5.12. The predicted octanol–water partition coefficient (Wildman–Crippen LogP) is 6.23. The van der Waals surface area contributed by atoms with Crippen molar-refractivity contribution in [2.75, 3.05) is 6.61 Å². The molecule has 146 valence electrons. The Labute approximate surface area is 173 Å². The summed E-state index contributed by atoms with van der Waals surface area (Å²) >= 11 is 12.5. The number of carbonyl (C=O) groups is 1. The Morgan fingerprint density at radius 3 is 2.79 bits per heavy atom. The third kappa shape index (κ3) is 3.20. The highest BCUT2D eigenvalue weighted by Gasteiger charge is 2.43. The van der Waals surface area contributed by atoms with E-state index in [2.05, 4.69) is 11.1 Å². The molecule has 0 radical (unpaired) electrons. The Kier molecular flexibility index (Phi) is 5.13. The number of H-pyrrole nitrogens is 1. The van der Waals surface area contributed by atoms with Gasteiger partial charge in [-0.25, -0.2) is 0 Å². The number of benzene rings is 2. The van der Waals surface area contributed by atoms with Gasteiger partial charge in [-0.2, -0.15) is 0 Å². The van der Waals surface area contributed by atoms with E-state index in [9.17, 15) is 4.79 Å². The first-order valence-electron chi connectivity index (χ1n) is 9.38. The van der Waals surface area contributed by atoms with E-state index in [1.165, 1.54) is 6.92 Å². The van der Waals surface area contributed by atoms with Crippen molar-refractivity contribution in [3.8, 4) is 11.1 Å². The largest absolute Gasteiger partial charge is 0.427 e. The van der Waals surface area contributed by atoms with Crippen LogP contribution >= 0.6 is 23.2 Å². The number of aromatic amines is 1. The zero-order valence-corrected chi connectivity index (χ0v) is 17.3. The molecule has 0 fully saturated rings. The molecule has 2 aromatic carbocycles. The molecular weight excluding hydrogens is 397 g/mol. The number of halogens is 2. The lowest BCUT2D eigenvalue weighted by molar-refractivity contribution is -0.247. The summed E-state index contributed by atoms with van der Waals surface area (Å²) in [5, 5.41) is 2.27. The number of rotatable bonds is 4. The van der Waals surface area contributed by atoms with Crippen LogP contribution in [0.15, 0.2) is 36.4 Å². The molecule has 1 aliphatic heterocycles. The second kappa shape index (κ2) is 7.43. The molecule has 1 atom stereocenters. The van der Waals surface area contributed by atoms with Crippen LogP contribution in [0.4, 0.5) is 0 Å². The van der Waals surface area contributed by atoms with Crippen molar-refractivity contribution in [3.05, 3.63) is 57.7 Å². The number of para-hydroxylation sites is 1. The predicted molar refractivity (Wildman–Crippen MR) is 112 cm³/mol. The van der Waals surface area contributed by atoms with Gasteiger partial charge in [0.2, 0.25) is 0 Å². The average molecular weight is 418 g/mol. The van der Waals surface area contributed by atoms with Crippen LogP contribution in [0.1, 0.15) is 37.9 Å². The molecule has 0 amide bonds. The van der Waals surface area contributed by atoms with Crippen LogP contribution in [0, 0.1) is 0 Å². The molecule has 6 heteroatoms. The second-order valence-electron chi connectivity index (χ2n) is 7.03. The summed E-state index contributed by atoms with van der Waals surface area (Å²) in [5.74, 6) is -1.44. The number of nitrogens with one attached hydrogen (secondary N) is 1. The van der Waals surface area contributed by atoms with Crippen LogP contribution in [0.2, 0.25) is 10.0 Å². The van der Waals surface area contributed by atoms with Gasteiger partial charge in [-0.3, -0.25) is 4.79 Å². The second-order valence-corrected chi connectivity index (χ2v) is 7.87. The maximum Gasteiger partial charge on any atom is 0.305 e. The van der Waals surface area contributed by atoms with Gasteiger partial charge in [0.25, 0.3) is 5.79 Å². The normalized spacial score (nSPS) is 18.9. The molecule has 1 aliphatic rings. The van der Waals surface area contributed by atoms with Gasteiger partial charge >= 0.3 is 5.97 Å². The summed E-state index contributed by atoms with van der Waals surface area (Å²) in [7, 11) is 0. The van der Waals surface area contributed by atoms with Crippen LogP contribution in [0.3, 0.4) is 0 Å². The summed E-state index contributed by atoms with van der Waals surface area (Å²) in [6.07, 6.45) is 2.15. The summed E-state index contributed by atoms with van der Waals surface area (Å²) < 4.78 is 11.8. The minimum absolute atomic E-state index is 0.360. The maximum atomic E-state index is 11.8. The van der Waals surface area contributed by atoms with Crippen molar-refractivity contribution in [2.45, 2.75) is 38.9 Å². The summed E-state index contributed by atoms with van der Waals surface area (Å²) in [5.41, 5.74) is 4.77. The van der Waals surface area contributed by atoms with Crippen LogP contribution in [-0.4, -0.2) is 17.6 Å². The van der Waals surface area contributed by atoms with E-state index in [1.807, 2.05) is 31.2 Å². The maximum absolute atomic E-state index is 11.8. The van der Waals surface area contributed by atoms with Crippen molar-refractivity contribution in [1.82, 2.24) is 4.98 Å². The van der Waals surface area contributed by atoms with Gasteiger partial charge in [-0.1, -0.05) is 54.4 Å². The molecule has 4 nitrogen and oxygen atoms in total. The monoisotopic (exact) mass is 417 g/mol. The van der Waals surface area contributed by atoms with Crippen LogP contribution in [-0.2, 0) is 26.5 Å². The van der Waals surface area contributed by atoms with E-state index in [1.54, 1.807) is 6.07 Å². The first kappa shape index (κ1) is 19.3. The van der Waals surface area contributed by atoms with Gasteiger partial charge in [0.15, 0.2) is 0 Å². The van der Waals surface area contributed by atoms with Gasteiger partial charge in [0.05, 0.1) is 17.8 Å². The molecule has 28 heavy (non-hydrogen) atoms. The van der Waals surface area contributed by atoms with E-state index in [-0.39, 0.29) is 5.97 Å². The first-order chi connectivity index (χ1) is 13.4. The zero-order chi connectivity index (χ0) is 19.9. The molecule has 0 bridgehead atoms. The Bertz CT molecular complexity index is 1060. The van der Waals surface area contributed by atoms with Crippen molar-refractivity contribution < 1.29 is 14.3 Å². The third-order valence-corrected chi connectivity index (χ3v) is 5.67. The molecule has 0 saturated heterocycles. The van der Waals surface area contributed by atoms with E-state index >= 15 is 0 Å². The fraction of sp³-hybridized carbons (Fsp3) is 0.318. The number of esters is 1. The molecule has 3 aromatic rings. The molecule has 1 aromatic heterocycles. The summed E-state index contributed by atoms with van der Waals surface area (Å²) in [6, 6.07) is 11.6. The number of fused-ring (bicyclic) bond motifs is 3. The zero-order valence-electron chi connectivity index (χ0n) is 15.8. The highest BCUT2D eigenvalue weighted by atomic mass is 35.5. The molecule has 2 heterocycles. The highest BCUT2D eigenvalue weighted by molar-refractivity contribution is 6.36. The minimum atomic E-state index is -1.08. The first-order valence-corrected chi connectivity index (χ1v) is 10.1. The van der Waals surface area contributed by atoms with Gasteiger partial charge in [0, 0.05) is 39.9 Å². The van der Waals surface area contributed by atoms with Crippen LogP contribution in [0.5, 0.6) is 0 Å². The SMILES string of the molecule is CCCC1(OC(C)=O)OCCc2c1[nH]c1c(-c3ccc(Cl)cc3Cl)cccc21. The van der Waals surface area contributed by atoms with Gasteiger partial charge in [-0.05, 0) is 30.5 Å². The fourth-order valence-corrected chi connectivity index (χ4v) is 4.58. The van der Waals surface area contributed by atoms with Gasteiger partial charge < -0.3 is 14.5 Å². The van der Waals surface area contributed by atoms with E-state index in [0.717, 1.165) is 46.1 Å². The number of aromatic nitrogens is 1. The Hall–Kier alpha value is -2.01. The van der Waals surface area contributed by atoms with Gasteiger partial charge in [-0.15, -0.1) is 0 Å².